The van der Waals surface area contributed by atoms with Gasteiger partial charge in [0.05, 0.1) is 5.54 Å². The molecule has 0 heterocycles. The molecule has 108 valence electrons. The van der Waals surface area contributed by atoms with E-state index in [-0.39, 0.29) is 5.91 Å². The Morgan fingerprint density at radius 1 is 1.20 bits per heavy atom. The Morgan fingerprint density at radius 2 is 1.85 bits per heavy atom. The van der Waals surface area contributed by atoms with E-state index in [9.17, 15) is 9.59 Å². The van der Waals surface area contributed by atoms with Crippen LogP contribution in [0.25, 0.3) is 0 Å². The highest BCUT2D eigenvalue weighted by molar-refractivity contribution is 6.01. The van der Waals surface area contributed by atoms with Gasteiger partial charge in [-0.15, -0.1) is 0 Å². The summed E-state index contributed by atoms with van der Waals surface area (Å²) in [6, 6.07) is 5.10. The summed E-state index contributed by atoms with van der Waals surface area (Å²) in [7, 11) is 0. The molecular formula is C15H21N3O2. The number of hydrogen-bond donors (Lipinski definition) is 3. The summed E-state index contributed by atoms with van der Waals surface area (Å²) in [5.41, 5.74) is 12.4. The van der Waals surface area contributed by atoms with Gasteiger partial charge in [-0.2, -0.15) is 0 Å². The summed E-state index contributed by atoms with van der Waals surface area (Å²) in [5.74, 6) is -0.680. The maximum absolute atomic E-state index is 12.4. The number of nitrogens with one attached hydrogen (secondary N) is 1. The molecule has 0 aromatic heterocycles. The summed E-state index contributed by atoms with van der Waals surface area (Å²) < 4.78 is 0. The zero-order valence-corrected chi connectivity index (χ0v) is 11.7. The minimum Gasteiger partial charge on any atom is -0.366 e. The third kappa shape index (κ3) is 2.82. The lowest BCUT2D eigenvalue weighted by Gasteiger charge is -2.32. The van der Waals surface area contributed by atoms with Gasteiger partial charge < -0.3 is 16.8 Å². The minimum absolute atomic E-state index is 0.179. The first kappa shape index (κ1) is 14.5. The van der Waals surface area contributed by atoms with Gasteiger partial charge in [-0.3, -0.25) is 9.59 Å². The van der Waals surface area contributed by atoms with E-state index in [0.717, 1.165) is 19.3 Å². The van der Waals surface area contributed by atoms with Gasteiger partial charge in [0, 0.05) is 11.3 Å². The highest BCUT2D eigenvalue weighted by atomic mass is 16.2. The zero-order valence-electron chi connectivity index (χ0n) is 11.7. The first-order chi connectivity index (χ1) is 9.44. The number of primary amides is 1. The van der Waals surface area contributed by atoms with Crippen LogP contribution < -0.4 is 16.8 Å². The van der Waals surface area contributed by atoms with Gasteiger partial charge in [0.15, 0.2) is 0 Å². The number of hydrogen-bond acceptors (Lipinski definition) is 3. The second-order valence-electron chi connectivity index (χ2n) is 5.51. The van der Waals surface area contributed by atoms with Gasteiger partial charge in [-0.05, 0) is 37.5 Å². The standard InChI is InChI=1S/C15H21N3O2/c1-10-11(13(16)19)6-5-7-12(10)18-14(20)15(17)8-3-2-4-9-15/h5-7H,2-4,8-9,17H2,1H3,(H2,16,19)(H,18,20). The molecule has 1 aliphatic carbocycles. The van der Waals surface area contributed by atoms with E-state index >= 15 is 0 Å². The molecular weight excluding hydrogens is 254 g/mol. The van der Waals surface area contributed by atoms with Crippen LogP contribution in [0.1, 0.15) is 48.0 Å². The van der Waals surface area contributed by atoms with Gasteiger partial charge >= 0.3 is 0 Å². The molecule has 0 aliphatic heterocycles. The molecule has 1 aromatic rings. The molecule has 0 spiro atoms. The molecule has 1 fully saturated rings. The van der Waals surface area contributed by atoms with Crippen LogP contribution >= 0.6 is 0 Å². The Labute approximate surface area is 118 Å². The minimum atomic E-state index is -0.798. The Balaban J connectivity index is 2.19. The van der Waals surface area contributed by atoms with Crippen molar-refractivity contribution in [3.63, 3.8) is 0 Å². The Hall–Kier alpha value is -1.88. The van der Waals surface area contributed by atoms with Crippen LogP contribution in [0.3, 0.4) is 0 Å². The fraction of sp³-hybridized carbons (Fsp3) is 0.467. The molecule has 5 nitrogen and oxygen atoms in total. The third-order valence-electron chi connectivity index (χ3n) is 4.05. The predicted octanol–water partition coefficient (Wildman–Crippen LogP) is 1.69. The van der Waals surface area contributed by atoms with Crippen LogP contribution in [-0.4, -0.2) is 17.4 Å². The van der Waals surface area contributed by atoms with E-state index in [1.54, 1.807) is 25.1 Å². The average Bonchev–Trinajstić information content (AvgIpc) is 2.41. The van der Waals surface area contributed by atoms with Gasteiger partial charge in [0.2, 0.25) is 11.8 Å². The van der Waals surface area contributed by atoms with Crippen molar-refractivity contribution in [2.45, 2.75) is 44.6 Å². The monoisotopic (exact) mass is 275 g/mol. The van der Waals surface area contributed by atoms with Crippen molar-refractivity contribution in [2.75, 3.05) is 5.32 Å². The van der Waals surface area contributed by atoms with Crippen LogP contribution in [-0.2, 0) is 4.79 Å². The van der Waals surface area contributed by atoms with Crippen molar-refractivity contribution in [3.05, 3.63) is 29.3 Å². The molecule has 0 atom stereocenters. The summed E-state index contributed by atoms with van der Waals surface area (Å²) in [6.45, 7) is 1.76. The number of carbonyl (C=O) groups is 2. The topological polar surface area (TPSA) is 98.2 Å². The van der Waals surface area contributed by atoms with E-state index < -0.39 is 11.4 Å². The molecule has 1 saturated carbocycles. The summed E-state index contributed by atoms with van der Waals surface area (Å²) in [5, 5.41) is 2.84. The molecule has 1 aromatic carbocycles. The van der Waals surface area contributed by atoms with Crippen molar-refractivity contribution < 1.29 is 9.59 Å². The lowest BCUT2D eigenvalue weighted by atomic mass is 9.82. The molecule has 2 amide bonds. The maximum atomic E-state index is 12.4. The fourth-order valence-electron chi connectivity index (χ4n) is 2.69. The second-order valence-corrected chi connectivity index (χ2v) is 5.51. The summed E-state index contributed by atoms with van der Waals surface area (Å²) in [4.78, 5) is 23.7. The smallest absolute Gasteiger partial charge is 0.249 e. The number of benzene rings is 1. The van der Waals surface area contributed by atoms with Gasteiger partial charge in [-0.1, -0.05) is 25.3 Å². The lowest BCUT2D eigenvalue weighted by Crippen LogP contribution is -2.52. The van der Waals surface area contributed by atoms with Crippen molar-refractivity contribution in [3.8, 4) is 0 Å². The van der Waals surface area contributed by atoms with E-state index in [1.165, 1.54) is 0 Å². The molecule has 1 aliphatic rings. The number of nitrogens with two attached hydrogens (primary N) is 2. The lowest BCUT2D eigenvalue weighted by molar-refractivity contribution is -0.122. The normalized spacial score (nSPS) is 17.5. The average molecular weight is 275 g/mol. The van der Waals surface area contributed by atoms with E-state index in [4.69, 9.17) is 11.5 Å². The first-order valence-electron chi connectivity index (χ1n) is 6.94. The van der Waals surface area contributed by atoms with Crippen molar-refractivity contribution in [1.82, 2.24) is 0 Å². The molecule has 5 N–H and O–H groups in total. The number of amides is 2. The largest absolute Gasteiger partial charge is 0.366 e. The van der Waals surface area contributed by atoms with Crippen LogP contribution in [0.4, 0.5) is 5.69 Å². The van der Waals surface area contributed by atoms with Gasteiger partial charge in [-0.25, -0.2) is 0 Å². The van der Waals surface area contributed by atoms with Crippen molar-refractivity contribution >= 4 is 17.5 Å². The van der Waals surface area contributed by atoms with Crippen LogP contribution in [0.2, 0.25) is 0 Å². The first-order valence-corrected chi connectivity index (χ1v) is 6.94. The quantitative estimate of drug-likeness (QED) is 0.783. The van der Waals surface area contributed by atoms with Crippen molar-refractivity contribution in [1.29, 1.82) is 0 Å². The summed E-state index contributed by atoms with van der Waals surface area (Å²) >= 11 is 0. The SMILES string of the molecule is Cc1c(NC(=O)C2(N)CCCCC2)cccc1C(N)=O. The number of rotatable bonds is 3. The molecule has 0 unspecified atom stereocenters. The number of carbonyl (C=O) groups excluding carboxylic acids is 2. The zero-order chi connectivity index (χ0) is 14.8. The Morgan fingerprint density at radius 3 is 2.45 bits per heavy atom. The fourth-order valence-corrected chi connectivity index (χ4v) is 2.69. The van der Waals surface area contributed by atoms with E-state index in [1.807, 2.05) is 0 Å². The van der Waals surface area contributed by atoms with E-state index in [0.29, 0.717) is 29.7 Å². The van der Waals surface area contributed by atoms with Crippen LogP contribution in [0, 0.1) is 6.92 Å². The molecule has 0 bridgehead atoms. The maximum Gasteiger partial charge on any atom is 0.249 e. The van der Waals surface area contributed by atoms with Crippen LogP contribution in [0.5, 0.6) is 0 Å². The second kappa shape index (κ2) is 5.63. The highest BCUT2D eigenvalue weighted by Gasteiger charge is 2.35. The Bertz CT molecular complexity index is 534. The predicted molar refractivity (Wildman–Crippen MR) is 78.3 cm³/mol. The van der Waals surface area contributed by atoms with E-state index in [2.05, 4.69) is 5.32 Å². The van der Waals surface area contributed by atoms with Gasteiger partial charge in [0.1, 0.15) is 0 Å². The highest BCUT2D eigenvalue weighted by Crippen LogP contribution is 2.28. The third-order valence-corrected chi connectivity index (χ3v) is 4.05. The van der Waals surface area contributed by atoms with Crippen LogP contribution in [0.15, 0.2) is 18.2 Å². The molecule has 2 rings (SSSR count). The molecule has 20 heavy (non-hydrogen) atoms. The summed E-state index contributed by atoms with van der Waals surface area (Å²) in [6.07, 6.45) is 4.48. The molecule has 0 saturated heterocycles. The number of anilines is 1. The molecule has 0 radical (unpaired) electrons. The Kier molecular flexibility index (Phi) is 4.09. The molecule has 5 heteroatoms. The van der Waals surface area contributed by atoms with Gasteiger partial charge in [0.25, 0.3) is 0 Å². The van der Waals surface area contributed by atoms with Crippen molar-refractivity contribution in [2.24, 2.45) is 11.5 Å².